The molecule has 0 fully saturated rings. The van der Waals surface area contributed by atoms with Gasteiger partial charge in [0.25, 0.3) is 0 Å². The van der Waals surface area contributed by atoms with Crippen molar-refractivity contribution in [1.29, 1.82) is 0 Å². The van der Waals surface area contributed by atoms with E-state index in [1.54, 1.807) is 0 Å². The summed E-state index contributed by atoms with van der Waals surface area (Å²) in [5, 5.41) is 2.67. The molecule has 0 spiro atoms. The average Bonchev–Trinajstić information content (AvgIpc) is 2.27. The Kier molecular flexibility index (Phi) is 5.33. The van der Waals surface area contributed by atoms with Crippen LogP contribution in [0.4, 0.5) is 0 Å². The van der Waals surface area contributed by atoms with Crippen molar-refractivity contribution in [2.45, 2.75) is 33.0 Å². The molecule has 2 atom stereocenters. The second-order valence-electron chi connectivity index (χ2n) is 5.36. The van der Waals surface area contributed by atoms with Crippen molar-refractivity contribution in [3.05, 3.63) is 35.4 Å². The van der Waals surface area contributed by atoms with Crippen LogP contribution in [0.1, 0.15) is 25.0 Å². The first-order valence-electron chi connectivity index (χ1n) is 6.35. The number of rotatable bonds is 5. The van der Waals surface area contributed by atoms with E-state index < -0.39 is 13.2 Å². The maximum Gasteiger partial charge on any atom is 0.225 e. The van der Waals surface area contributed by atoms with E-state index in [0.717, 1.165) is 11.1 Å². The zero-order valence-electron chi connectivity index (χ0n) is 11.9. The van der Waals surface area contributed by atoms with Crippen LogP contribution in [0.3, 0.4) is 0 Å². The normalized spacial score (nSPS) is 15.9. The van der Waals surface area contributed by atoms with Gasteiger partial charge >= 0.3 is 0 Å². The molecule has 0 aliphatic carbocycles. The van der Waals surface area contributed by atoms with Gasteiger partial charge in [0.1, 0.15) is 5.78 Å². The zero-order chi connectivity index (χ0) is 14.6. The van der Waals surface area contributed by atoms with Crippen LogP contribution in [0.5, 0.6) is 0 Å². The topological polar surface area (TPSA) is 66.4 Å². The highest BCUT2D eigenvalue weighted by molar-refractivity contribution is 7.57. The van der Waals surface area contributed by atoms with Gasteiger partial charge in [-0.15, -0.1) is 0 Å². The van der Waals surface area contributed by atoms with Crippen LogP contribution in [0, 0.1) is 12.8 Å². The van der Waals surface area contributed by atoms with Gasteiger partial charge in [-0.1, -0.05) is 43.7 Å². The Labute approximate surface area is 114 Å². The Morgan fingerprint density at radius 3 is 2.26 bits per heavy atom. The Bertz CT molecular complexity index is 476. The number of hydrogen-bond acceptors (Lipinski definition) is 2. The molecule has 0 aliphatic heterocycles. The molecule has 1 rings (SSSR count). The van der Waals surface area contributed by atoms with Crippen molar-refractivity contribution < 1.29 is 14.3 Å². The molecule has 0 aliphatic rings. The molecule has 19 heavy (non-hydrogen) atoms. The fourth-order valence-corrected chi connectivity index (χ4v) is 3.44. The fourth-order valence-electron chi connectivity index (χ4n) is 1.95. The third kappa shape index (κ3) is 5.17. The van der Waals surface area contributed by atoms with Gasteiger partial charge in [-0.05, 0) is 18.4 Å². The molecule has 2 N–H and O–H groups in total. The molecule has 0 radical (unpaired) electrons. The molecule has 0 heterocycles. The summed E-state index contributed by atoms with van der Waals surface area (Å²) in [6.45, 7) is 6.91. The first-order valence-corrected chi connectivity index (χ1v) is 8.52. The number of nitrogens with one attached hydrogen (secondary N) is 1. The summed E-state index contributed by atoms with van der Waals surface area (Å²) >= 11 is 0. The molecule has 0 aromatic heterocycles. The summed E-state index contributed by atoms with van der Waals surface area (Å²) in [5.74, 6) is -0.994. The van der Waals surface area contributed by atoms with Gasteiger partial charge in [-0.25, -0.2) is 0 Å². The van der Waals surface area contributed by atoms with Crippen molar-refractivity contribution in [1.82, 2.24) is 5.32 Å². The third-order valence-corrected chi connectivity index (χ3v) is 4.70. The lowest BCUT2D eigenvalue weighted by Gasteiger charge is -2.24. The Morgan fingerprint density at radius 2 is 1.84 bits per heavy atom. The zero-order valence-corrected chi connectivity index (χ0v) is 12.8. The highest BCUT2D eigenvalue weighted by atomic mass is 31.2. The van der Waals surface area contributed by atoms with Gasteiger partial charge in [0.2, 0.25) is 13.3 Å². The molecule has 0 bridgehead atoms. The number of benzene rings is 1. The smallest absolute Gasteiger partial charge is 0.225 e. The maximum absolute atomic E-state index is 11.9. The highest BCUT2D eigenvalue weighted by Gasteiger charge is 2.30. The van der Waals surface area contributed by atoms with Gasteiger partial charge < -0.3 is 10.2 Å². The molecular formula is C14H22NO3P. The van der Waals surface area contributed by atoms with Gasteiger partial charge in [0.15, 0.2) is 0 Å². The van der Waals surface area contributed by atoms with Crippen LogP contribution >= 0.6 is 7.37 Å². The monoisotopic (exact) mass is 283 g/mol. The van der Waals surface area contributed by atoms with E-state index in [1.807, 2.05) is 45.0 Å². The third-order valence-electron chi connectivity index (χ3n) is 2.94. The summed E-state index contributed by atoms with van der Waals surface area (Å²) in [4.78, 5) is 21.6. The predicted octanol–water partition coefficient (Wildman–Crippen LogP) is 2.54. The second kappa shape index (κ2) is 6.36. The second-order valence-corrected chi connectivity index (χ2v) is 7.80. The van der Waals surface area contributed by atoms with Crippen molar-refractivity contribution >= 4 is 13.3 Å². The van der Waals surface area contributed by atoms with Crippen LogP contribution < -0.4 is 5.32 Å². The van der Waals surface area contributed by atoms with E-state index in [0.29, 0.717) is 0 Å². The van der Waals surface area contributed by atoms with Gasteiger partial charge in [0.05, 0.1) is 6.42 Å². The van der Waals surface area contributed by atoms with Crippen LogP contribution in [-0.2, 0) is 15.8 Å². The molecule has 0 saturated carbocycles. The minimum Gasteiger partial charge on any atom is -0.344 e. The minimum absolute atomic E-state index is 0.0807. The van der Waals surface area contributed by atoms with Gasteiger partial charge in [-0.2, -0.15) is 0 Å². The van der Waals surface area contributed by atoms with E-state index in [2.05, 4.69) is 5.32 Å². The Balaban J connectivity index is 2.68. The predicted molar refractivity (Wildman–Crippen MR) is 77.4 cm³/mol. The molecule has 0 saturated heterocycles. The van der Waals surface area contributed by atoms with Gasteiger partial charge in [0, 0.05) is 6.66 Å². The van der Waals surface area contributed by atoms with Crippen molar-refractivity contribution in [2.75, 3.05) is 6.66 Å². The van der Waals surface area contributed by atoms with E-state index in [9.17, 15) is 14.3 Å². The summed E-state index contributed by atoms with van der Waals surface area (Å²) in [6, 6.07) is 7.67. The molecule has 2 unspecified atom stereocenters. The summed E-state index contributed by atoms with van der Waals surface area (Å²) in [6.07, 6.45) is 0.226. The SMILES string of the molecule is Cc1ccc(CC(=O)NC(C(C)C)P(C)(=O)O)cc1. The minimum atomic E-state index is -3.33. The van der Waals surface area contributed by atoms with Crippen LogP contribution in [0.2, 0.25) is 0 Å². The van der Waals surface area contributed by atoms with Crippen molar-refractivity contribution in [2.24, 2.45) is 5.92 Å². The van der Waals surface area contributed by atoms with E-state index in [-0.39, 0.29) is 18.2 Å². The Hall–Kier alpha value is -1.12. The summed E-state index contributed by atoms with van der Waals surface area (Å²) in [7, 11) is -3.33. The molecule has 5 heteroatoms. The first-order chi connectivity index (χ1) is 8.70. The van der Waals surface area contributed by atoms with Crippen LogP contribution in [0.25, 0.3) is 0 Å². The Morgan fingerprint density at radius 1 is 1.32 bits per heavy atom. The number of aryl methyl sites for hydroxylation is 1. The number of carbonyl (C=O) groups is 1. The lowest BCUT2D eigenvalue weighted by molar-refractivity contribution is -0.120. The number of amides is 1. The number of hydrogen-bond donors (Lipinski definition) is 2. The van der Waals surface area contributed by atoms with Crippen molar-refractivity contribution in [3.63, 3.8) is 0 Å². The van der Waals surface area contributed by atoms with Crippen LogP contribution in [0.15, 0.2) is 24.3 Å². The molecule has 106 valence electrons. The van der Waals surface area contributed by atoms with E-state index in [1.165, 1.54) is 6.66 Å². The number of carbonyl (C=O) groups excluding carboxylic acids is 1. The van der Waals surface area contributed by atoms with Crippen molar-refractivity contribution in [3.8, 4) is 0 Å². The first kappa shape index (κ1) is 15.9. The van der Waals surface area contributed by atoms with Crippen LogP contribution in [-0.4, -0.2) is 23.2 Å². The summed E-state index contributed by atoms with van der Waals surface area (Å²) in [5.41, 5.74) is 2.03. The largest absolute Gasteiger partial charge is 0.344 e. The molecule has 4 nitrogen and oxygen atoms in total. The lowest BCUT2D eigenvalue weighted by atomic mass is 10.1. The average molecular weight is 283 g/mol. The van der Waals surface area contributed by atoms with E-state index in [4.69, 9.17) is 0 Å². The van der Waals surface area contributed by atoms with Gasteiger partial charge in [-0.3, -0.25) is 9.36 Å². The van der Waals surface area contributed by atoms with E-state index >= 15 is 0 Å². The molecule has 1 amide bonds. The summed E-state index contributed by atoms with van der Waals surface area (Å²) < 4.78 is 11.7. The quantitative estimate of drug-likeness (QED) is 0.816. The standard InChI is InChI=1S/C14H22NO3P/c1-10(2)14(19(4,17)18)15-13(16)9-12-7-5-11(3)6-8-12/h5-8,10,14H,9H2,1-4H3,(H,15,16)(H,17,18). The molecular weight excluding hydrogens is 261 g/mol. The fraction of sp³-hybridized carbons (Fsp3) is 0.500. The molecule has 1 aromatic rings. The highest BCUT2D eigenvalue weighted by Crippen LogP contribution is 2.43. The molecule has 1 aromatic carbocycles. The lowest BCUT2D eigenvalue weighted by Crippen LogP contribution is -2.39. The maximum atomic E-state index is 11.9.